The molecule has 0 N–H and O–H groups in total. The average Bonchev–Trinajstić information content (AvgIpc) is 2.32. The van der Waals surface area contributed by atoms with Crippen LogP contribution < -0.4 is 4.90 Å². The molecule has 0 aliphatic carbocycles. The monoisotopic (exact) mass is 233 g/mol. The minimum absolute atomic E-state index is 1.03. The van der Waals surface area contributed by atoms with E-state index in [2.05, 4.69) is 42.7 Å². The highest BCUT2D eigenvalue weighted by molar-refractivity contribution is 7.99. The first kappa shape index (κ1) is 11.6. The van der Waals surface area contributed by atoms with E-state index in [0.717, 1.165) is 12.3 Å². The van der Waals surface area contributed by atoms with Crippen LogP contribution in [0.4, 0.5) is 5.69 Å². The summed E-state index contributed by atoms with van der Waals surface area (Å²) in [6.45, 7) is 7.54. The van der Waals surface area contributed by atoms with Gasteiger partial charge in [0.1, 0.15) is 0 Å². The number of thioether (sulfide) groups is 1. The Morgan fingerprint density at radius 3 is 2.94 bits per heavy atom. The van der Waals surface area contributed by atoms with Crippen molar-refractivity contribution in [2.24, 2.45) is 0 Å². The van der Waals surface area contributed by atoms with E-state index < -0.39 is 0 Å². The zero-order chi connectivity index (χ0) is 11.4. The van der Waals surface area contributed by atoms with Gasteiger partial charge in [-0.2, -0.15) is 0 Å². The van der Waals surface area contributed by atoms with Crippen molar-refractivity contribution in [3.8, 4) is 0 Å². The molecule has 0 atom stereocenters. The van der Waals surface area contributed by atoms with Crippen molar-refractivity contribution in [1.29, 1.82) is 0 Å². The van der Waals surface area contributed by atoms with E-state index in [9.17, 15) is 0 Å². The molecule has 0 amide bonds. The molecule has 0 aromatic heterocycles. The first-order valence-corrected chi connectivity index (χ1v) is 6.98. The highest BCUT2D eigenvalue weighted by atomic mass is 32.2. The molecule has 0 spiro atoms. The van der Waals surface area contributed by atoms with Crippen LogP contribution >= 0.6 is 11.8 Å². The summed E-state index contributed by atoms with van der Waals surface area (Å²) in [4.78, 5) is 3.79. The van der Waals surface area contributed by atoms with E-state index in [1.165, 1.54) is 35.5 Å². The topological polar surface area (TPSA) is 3.24 Å². The molecule has 1 aromatic rings. The maximum atomic E-state index is 4.18. The molecule has 2 heteroatoms. The van der Waals surface area contributed by atoms with Gasteiger partial charge in [0.15, 0.2) is 0 Å². The fraction of sp³-hybridized carbons (Fsp3) is 0.429. The Bertz CT molecular complexity index is 373. The van der Waals surface area contributed by atoms with Gasteiger partial charge in [0, 0.05) is 22.9 Å². The SMILES string of the molecule is C=C1CSc2ccccc2N1CCCCC. The first-order valence-electron chi connectivity index (χ1n) is 6.00. The third kappa shape index (κ3) is 2.43. The molecule has 0 unspecified atom stereocenters. The van der Waals surface area contributed by atoms with Gasteiger partial charge in [0.05, 0.1) is 5.69 Å². The molecule has 0 radical (unpaired) electrons. The molecule has 1 aliphatic rings. The normalized spacial score (nSPS) is 15.1. The summed E-state index contributed by atoms with van der Waals surface area (Å²) in [5, 5.41) is 0. The summed E-state index contributed by atoms with van der Waals surface area (Å²) in [6.07, 6.45) is 3.84. The first-order chi connectivity index (χ1) is 7.83. The fourth-order valence-electron chi connectivity index (χ4n) is 2.01. The lowest BCUT2D eigenvalue weighted by Crippen LogP contribution is -2.27. The third-order valence-electron chi connectivity index (χ3n) is 2.92. The van der Waals surface area contributed by atoms with Gasteiger partial charge in [-0.3, -0.25) is 0 Å². The summed E-state index contributed by atoms with van der Waals surface area (Å²) >= 11 is 1.90. The maximum Gasteiger partial charge on any atom is 0.0546 e. The number of hydrogen-bond acceptors (Lipinski definition) is 2. The molecule has 0 bridgehead atoms. The Morgan fingerprint density at radius 2 is 2.12 bits per heavy atom. The minimum Gasteiger partial charge on any atom is -0.344 e. The second-order valence-corrected chi connectivity index (χ2v) is 5.20. The lowest BCUT2D eigenvalue weighted by Gasteiger charge is -2.32. The lowest BCUT2D eigenvalue weighted by atomic mass is 10.2. The van der Waals surface area contributed by atoms with Gasteiger partial charge in [0.25, 0.3) is 0 Å². The van der Waals surface area contributed by atoms with Crippen molar-refractivity contribution in [3.63, 3.8) is 0 Å². The van der Waals surface area contributed by atoms with Gasteiger partial charge in [-0.25, -0.2) is 0 Å². The molecular formula is C14H19NS. The fourth-order valence-corrected chi connectivity index (χ4v) is 2.99. The summed E-state index contributed by atoms with van der Waals surface area (Å²) in [5.41, 5.74) is 2.60. The predicted octanol–water partition coefficient (Wildman–Crippen LogP) is 4.30. The number of rotatable bonds is 4. The van der Waals surface area contributed by atoms with Crippen LogP contribution in [-0.4, -0.2) is 12.3 Å². The molecular weight excluding hydrogens is 214 g/mol. The number of benzene rings is 1. The highest BCUT2D eigenvalue weighted by Gasteiger charge is 2.19. The van der Waals surface area contributed by atoms with Gasteiger partial charge >= 0.3 is 0 Å². The van der Waals surface area contributed by atoms with Crippen molar-refractivity contribution in [2.45, 2.75) is 31.1 Å². The second-order valence-electron chi connectivity index (χ2n) is 4.18. The predicted molar refractivity (Wildman–Crippen MR) is 73.2 cm³/mol. The molecule has 2 rings (SSSR count). The van der Waals surface area contributed by atoms with E-state index in [-0.39, 0.29) is 0 Å². The largest absolute Gasteiger partial charge is 0.344 e. The van der Waals surface area contributed by atoms with Crippen LogP contribution in [0.15, 0.2) is 41.4 Å². The Balaban J connectivity index is 2.13. The summed E-state index contributed by atoms with van der Waals surface area (Å²) in [6, 6.07) is 8.65. The van der Waals surface area contributed by atoms with E-state index in [1.54, 1.807) is 0 Å². The van der Waals surface area contributed by atoms with E-state index in [4.69, 9.17) is 0 Å². The molecule has 1 nitrogen and oxygen atoms in total. The van der Waals surface area contributed by atoms with E-state index >= 15 is 0 Å². The Morgan fingerprint density at radius 1 is 1.31 bits per heavy atom. The van der Waals surface area contributed by atoms with Crippen LogP contribution in [0.1, 0.15) is 26.2 Å². The third-order valence-corrected chi connectivity index (χ3v) is 4.05. The molecule has 1 aliphatic heterocycles. The van der Waals surface area contributed by atoms with E-state index in [1.807, 2.05) is 11.8 Å². The standard InChI is InChI=1S/C14H19NS/c1-3-4-7-10-15-12(2)11-16-14-9-6-5-8-13(14)15/h5-6,8-9H,2-4,7,10-11H2,1H3. The zero-order valence-electron chi connectivity index (χ0n) is 9.91. The summed E-state index contributed by atoms with van der Waals surface area (Å²) in [5.74, 6) is 1.03. The second kappa shape index (κ2) is 5.44. The molecule has 1 heterocycles. The van der Waals surface area contributed by atoms with Crippen molar-refractivity contribution >= 4 is 17.4 Å². The summed E-state index contributed by atoms with van der Waals surface area (Å²) in [7, 11) is 0. The number of fused-ring (bicyclic) bond motifs is 1. The molecule has 1 aromatic carbocycles. The quantitative estimate of drug-likeness (QED) is 0.713. The number of unbranched alkanes of at least 4 members (excludes halogenated alkanes) is 2. The highest BCUT2D eigenvalue weighted by Crippen LogP contribution is 2.38. The van der Waals surface area contributed by atoms with Crippen LogP contribution in [0.2, 0.25) is 0 Å². The van der Waals surface area contributed by atoms with Crippen LogP contribution in [0.5, 0.6) is 0 Å². The zero-order valence-corrected chi connectivity index (χ0v) is 10.7. The van der Waals surface area contributed by atoms with Gasteiger partial charge < -0.3 is 4.90 Å². The number of hydrogen-bond donors (Lipinski definition) is 0. The number of nitrogens with zero attached hydrogens (tertiary/aromatic N) is 1. The molecule has 86 valence electrons. The Kier molecular flexibility index (Phi) is 3.94. The van der Waals surface area contributed by atoms with E-state index in [0.29, 0.717) is 0 Å². The van der Waals surface area contributed by atoms with Crippen molar-refractivity contribution in [3.05, 3.63) is 36.5 Å². The van der Waals surface area contributed by atoms with Gasteiger partial charge in [-0.05, 0) is 18.6 Å². The Labute approximate surface area is 103 Å². The van der Waals surface area contributed by atoms with Gasteiger partial charge in [0.2, 0.25) is 0 Å². The molecule has 0 fully saturated rings. The average molecular weight is 233 g/mol. The van der Waals surface area contributed by atoms with Crippen LogP contribution in [0, 0.1) is 0 Å². The maximum absolute atomic E-state index is 4.18. The van der Waals surface area contributed by atoms with Gasteiger partial charge in [-0.15, -0.1) is 11.8 Å². The van der Waals surface area contributed by atoms with Crippen molar-refractivity contribution in [2.75, 3.05) is 17.2 Å². The molecule has 16 heavy (non-hydrogen) atoms. The number of anilines is 1. The van der Waals surface area contributed by atoms with Crippen LogP contribution in [0.3, 0.4) is 0 Å². The minimum atomic E-state index is 1.03. The summed E-state index contributed by atoms with van der Waals surface area (Å²) < 4.78 is 0. The Hall–Kier alpha value is -0.890. The molecule has 0 saturated carbocycles. The number of para-hydroxylation sites is 1. The van der Waals surface area contributed by atoms with Crippen LogP contribution in [0.25, 0.3) is 0 Å². The van der Waals surface area contributed by atoms with Crippen molar-refractivity contribution < 1.29 is 0 Å². The molecule has 0 saturated heterocycles. The van der Waals surface area contributed by atoms with Crippen molar-refractivity contribution in [1.82, 2.24) is 0 Å². The van der Waals surface area contributed by atoms with Gasteiger partial charge in [-0.1, -0.05) is 38.5 Å². The smallest absolute Gasteiger partial charge is 0.0546 e. The van der Waals surface area contributed by atoms with Crippen LogP contribution in [-0.2, 0) is 0 Å². The lowest BCUT2D eigenvalue weighted by molar-refractivity contribution is 0.703.